The maximum absolute atomic E-state index is 10.2. The Hall–Kier alpha value is -0.880. The van der Waals surface area contributed by atoms with Gasteiger partial charge in [0.05, 0.1) is 5.97 Å². The van der Waals surface area contributed by atoms with Crippen LogP contribution in [0.15, 0.2) is 23.8 Å². The number of carbonyl (C=O) groups excluding carboxylic acids is 1. The van der Waals surface area contributed by atoms with Gasteiger partial charge in [0.1, 0.15) is 0 Å². The molecule has 0 aromatic heterocycles. The minimum Gasteiger partial charge on any atom is -1.00 e. The molecule has 0 amide bonds. The Morgan fingerprint density at radius 3 is 2.27 bits per heavy atom. The molecule has 5 nitrogen and oxygen atoms in total. The fraction of sp³-hybridized carbons (Fsp3) is 0.444. The lowest BCUT2D eigenvalue weighted by Crippen LogP contribution is -3.00. The van der Waals surface area contributed by atoms with Crippen LogP contribution < -0.4 is 35.1 Å². The predicted octanol–water partition coefficient (Wildman–Crippen LogP) is -2.40. The summed E-state index contributed by atoms with van der Waals surface area (Å²) < 4.78 is 0. The third-order valence-electron chi connectivity index (χ3n) is 1.37. The number of carboxylic acids is 1. The van der Waals surface area contributed by atoms with E-state index in [-0.39, 0.29) is 30.3 Å². The zero-order valence-corrected chi connectivity index (χ0v) is 10.6. The molecular weight excluding hydrogens is 218 g/mol. The van der Waals surface area contributed by atoms with Gasteiger partial charge in [-0.25, -0.2) is 0 Å². The zero-order valence-electron chi connectivity index (χ0n) is 9.84. The number of carbonyl (C=O) groups is 1. The summed E-state index contributed by atoms with van der Waals surface area (Å²) in [6.45, 7) is 4.77. The molecule has 0 radical (unpaired) electrons. The molecule has 0 aliphatic rings. The minimum atomic E-state index is -1.11. The molecule has 6 heteroatoms. The predicted molar refractivity (Wildman–Crippen MR) is 58.4 cm³/mol. The van der Waals surface area contributed by atoms with E-state index in [1.165, 1.54) is 6.92 Å². The van der Waals surface area contributed by atoms with Gasteiger partial charge in [-0.15, -0.1) is 0 Å². The lowest BCUT2D eigenvalue weighted by molar-refractivity contribution is -0.299. The summed E-state index contributed by atoms with van der Waals surface area (Å²) in [5.74, 6) is -1.11. The Labute approximate surface area is 97.2 Å². The van der Waals surface area contributed by atoms with Crippen molar-refractivity contribution < 1.29 is 22.3 Å². The average Bonchev–Trinajstić information content (AvgIpc) is 2.03. The van der Waals surface area contributed by atoms with Gasteiger partial charge in [0.25, 0.3) is 0 Å². The standard InChI is InChI=1S/C9H15NO2.ClH.2H3N/c1-3-4-6-10-7-5-8(2)9(11)12;;;/h3-5,10H,6-7H2,1-2H3,(H,11,12);1H;2*1H3. The second-order valence-corrected chi connectivity index (χ2v) is 2.40. The zero-order chi connectivity index (χ0) is 9.40. The van der Waals surface area contributed by atoms with Gasteiger partial charge in [0.2, 0.25) is 0 Å². The molecule has 0 saturated heterocycles. The van der Waals surface area contributed by atoms with Gasteiger partial charge in [-0.05, 0) is 19.4 Å². The fourth-order valence-electron chi connectivity index (χ4n) is 0.593. The van der Waals surface area contributed by atoms with Crippen LogP contribution in [-0.4, -0.2) is 19.1 Å². The van der Waals surface area contributed by atoms with Crippen molar-refractivity contribution in [3.63, 3.8) is 0 Å². The summed E-state index contributed by atoms with van der Waals surface area (Å²) in [4.78, 5) is 10.2. The molecule has 0 heterocycles. The quantitative estimate of drug-likeness (QED) is 0.281. The van der Waals surface area contributed by atoms with Crippen molar-refractivity contribution in [2.24, 2.45) is 0 Å². The number of rotatable bonds is 5. The SMILES string of the molecule is CC=CCNCC=C(C)C(=O)[O-].[Cl-].[NH4+].[NH4+]. The van der Waals surface area contributed by atoms with Crippen LogP contribution in [-0.2, 0) is 4.79 Å². The normalized spacial score (nSPS) is 9.87. The lowest BCUT2D eigenvalue weighted by Gasteiger charge is -2.01. The molecule has 0 aromatic rings. The van der Waals surface area contributed by atoms with Gasteiger partial charge < -0.3 is 39.9 Å². The maximum atomic E-state index is 10.2. The van der Waals surface area contributed by atoms with E-state index in [1.54, 1.807) is 6.08 Å². The van der Waals surface area contributed by atoms with Crippen LogP contribution in [0.4, 0.5) is 0 Å². The van der Waals surface area contributed by atoms with Gasteiger partial charge >= 0.3 is 0 Å². The minimum absolute atomic E-state index is 0. The van der Waals surface area contributed by atoms with Gasteiger partial charge in [-0.3, -0.25) is 0 Å². The molecule has 15 heavy (non-hydrogen) atoms. The van der Waals surface area contributed by atoms with Crippen LogP contribution in [0, 0.1) is 0 Å². The highest BCUT2D eigenvalue weighted by atomic mass is 35.5. The largest absolute Gasteiger partial charge is 1.00 e. The maximum Gasteiger partial charge on any atom is 0.0669 e. The second-order valence-electron chi connectivity index (χ2n) is 2.40. The number of aliphatic carboxylic acids is 1. The number of nitrogens with one attached hydrogen (secondary N) is 1. The summed E-state index contributed by atoms with van der Waals surface area (Å²) in [7, 11) is 0. The molecule has 0 spiro atoms. The fourth-order valence-corrected chi connectivity index (χ4v) is 0.593. The molecule has 0 saturated carbocycles. The molecular formula is C9H22ClN3O2. The topological polar surface area (TPSA) is 125 Å². The van der Waals surface area contributed by atoms with Gasteiger partial charge in [-0.2, -0.15) is 0 Å². The van der Waals surface area contributed by atoms with Crippen LogP contribution in [0.3, 0.4) is 0 Å². The molecule has 0 atom stereocenters. The molecule has 9 N–H and O–H groups in total. The summed E-state index contributed by atoms with van der Waals surface area (Å²) in [6.07, 6.45) is 5.49. The monoisotopic (exact) mass is 239 g/mol. The Kier molecular flexibility index (Phi) is 24.7. The van der Waals surface area contributed by atoms with Crippen molar-refractivity contribution in [1.29, 1.82) is 0 Å². The van der Waals surface area contributed by atoms with E-state index in [9.17, 15) is 9.90 Å². The highest BCUT2D eigenvalue weighted by molar-refractivity contribution is 5.83. The Bertz CT molecular complexity index is 206. The number of halogens is 1. The molecule has 0 aliphatic carbocycles. The van der Waals surface area contributed by atoms with Crippen LogP contribution in [0.1, 0.15) is 13.8 Å². The number of hydrogen-bond donors (Lipinski definition) is 3. The van der Waals surface area contributed by atoms with Gasteiger partial charge in [0.15, 0.2) is 0 Å². The summed E-state index contributed by atoms with van der Waals surface area (Å²) in [5, 5.41) is 13.2. The van der Waals surface area contributed by atoms with E-state index < -0.39 is 5.97 Å². The van der Waals surface area contributed by atoms with Crippen molar-refractivity contribution in [2.45, 2.75) is 13.8 Å². The van der Waals surface area contributed by atoms with Crippen LogP contribution >= 0.6 is 0 Å². The molecule has 0 rings (SSSR count). The summed E-state index contributed by atoms with van der Waals surface area (Å²) in [5.41, 5.74) is 0.267. The second kappa shape index (κ2) is 15.6. The molecule has 0 bridgehead atoms. The third kappa shape index (κ3) is 15.8. The lowest BCUT2D eigenvalue weighted by atomic mass is 10.3. The number of quaternary nitrogens is 2. The summed E-state index contributed by atoms with van der Waals surface area (Å²) >= 11 is 0. The van der Waals surface area contributed by atoms with Gasteiger partial charge in [-0.1, -0.05) is 18.2 Å². The molecule has 0 aliphatic heterocycles. The van der Waals surface area contributed by atoms with Crippen molar-refractivity contribution in [3.05, 3.63) is 23.8 Å². The third-order valence-corrected chi connectivity index (χ3v) is 1.37. The number of hydrogen-bond acceptors (Lipinski definition) is 3. The first kappa shape index (κ1) is 23.7. The van der Waals surface area contributed by atoms with E-state index in [2.05, 4.69) is 5.32 Å². The van der Waals surface area contributed by atoms with Crippen molar-refractivity contribution >= 4 is 5.97 Å². The Morgan fingerprint density at radius 1 is 1.33 bits per heavy atom. The molecule has 92 valence electrons. The first-order valence-corrected chi connectivity index (χ1v) is 3.88. The van der Waals surface area contributed by atoms with Crippen molar-refractivity contribution in [1.82, 2.24) is 17.6 Å². The Morgan fingerprint density at radius 2 is 1.87 bits per heavy atom. The highest BCUT2D eigenvalue weighted by Crippen LogP contribution is 1.86. The van der Waals surface area contributed by atoms with Crippen LogP contribution in [0.25, 0.3) is 0 Å². The van der Waals surface area contributed by atoms with Gasteiger partial charge in [0, 0.05) is 13.1 Å². The molecule has 0 fully saturated rings. The van der Waals surface area contributed by atoms with E-state index in [0.717, 1.165) is 6.54 Å². The highest BCUT2D eigenvalue weighted by Gasteiger charge is 1.86. The summed E-state index contributed by atoms with van der Waals surface area (Å²) in [6, 6.07) is 0. The number of carboxylic acid groups (broad SMARTS) is 1. The smallest absolute Gasteiger partial charge is 0.0669 e. The van der Waals surface area contributed by atoms with E-state index in [4.69, 9.17) is 0 Å². The molecule has 0 unspecified atom stereocenters. The van der Waals surface area contributed by atoms with E-state index in [0.29, 0.717) is 6.54 Å². The van der Waals surface area contributed by atoms with Crippen LogP contribution in [0.2, 0.25) is 0 Å². The van der Waals surface area contributed by atoms with Crippen LogP contribution in [0.5, 0.6) is 0 Å². The van der Waals surface area contributed by atoms with Crippen molar-refractivity contribution in [3.8, 4) is 0 Å². The molecule has 0 aromatic carbocycles. The van der Waals surface area contributed by atoms with E-state index >= 15 is 0 Å². The van der Waals surface area contributed by atoms with E-state index in [1.807, 2.05) is 19.1 Å². The number of allylic oxidation sites excluding steroid dienone is 1. The van der Waals surface area contributed by atoms with Crippen molar-refractivity contribution in [2.75, 3.05) is 13.1 Å². The first-order valence-electron chi connectivity index (χ1n) is 3.88. The average molecular weight is 240 g/mol. The Balaban J connectivity index is -0.000000202. The first-order chi connectivity index (χ1) is 5.68.